The number of aromatic amines is 1. The number of hydrogen-bond donors (Lipinski definition) is 3. The summed E-state index contributed by atoms with van der Waals surface area (Å²) >= 11 is 7.33. The van der Waals surface area contributed by atoms with Gasteiger partial charge in [-0.2, -0.15) is 5.10 Å². The predicted molar refractivity (Wildman–Crippen MR) is 129 cm³/mol. The van der Waals surface area contributed by atoms with Crippen LogP contribution in [0.1, 0.15) is 11.6 Å². The molecule has 0 fully saturated rings. The number of hydrogen-bond acceptors (Lipinski definition) is 6. The number of carbonyl (C=O) groups is 1. The van der Waals surface area contributed by atoms with Gasteiger partial charge in [-0.05, 0) is 17.7 Å². The summed E-state index contributed by atoms with van der Waals surface area (Å²) in [5, 5.41) is 14.8. The third-order valence-corrected chi connectivity index (χ3v) is 5.93. The van der Waals surface area contributed by atoms with E-state index >= 15 is 0 Å². The normalized spacial score (nSPS) is 12.5. The second kappa shape index (κ2) is 9.25. The predicted octanol–water partition coefficient (Wildman–Crippen LogP) is 5.24. The molecule has 7 nitrogen and oxygen atoms in total. The smallest absolute Gasteiger partial charge is 0.253 e. The van der Waals surface area contributed by atoms with Crippen molar-refractivity contribution in [3.8, 4) is 0 Å². The van der Waals surface area contributed by atoms with Gasteiger partial charge >= 0.3 is 0 Å². The Hall–Kier alpha value is -3.62. The Balaban J connectivity index is 1.61. The summed E-state index contributed by atoms with van der Waals surface area (Å²) in [6, 6.07) is 12.4. The molecule has 9 heteroatoms. The molecule has 0 saturated carbocycles. The van der Waals surface area contributed by atoms with Gasteiger partial charge in [0, 0.05) is 17.2 Å². The summed E-state index contributed by atoms with van der Waals surface area (Å²) in [7, 11) is 1.48. The Morgan fingerprint density at radius 3 is 2.75 bits per heavy atom. The van der Waals surface area contributed by atoms with Gasteiger partial charge in [-0.1, -0.05) is 66.4 Å². The third kappa shape index (κ3) is 4.51. The van der Waals surface area contributed by atoms with Gasteiger partial charge < -0.3 is 10.1 Å². The van der Waals surface area contributed by atoms with E-state index in [4.69, 9.17) is 16.3 Å². The van der Waals surface area contributed by atoms with E-state index in [9.17, 15) is 4.79 Å². The van der Waals surface area contributed by atoms with E-state index in [0.717, 1.165) is 26.7 Å². The number of aromatic nitrogens is 3. The summed E-state index contributed by atoms with van der Waals surface area (Å²) in [4.78, 5) is 17.8. The average Bonchev–Trinajstić information content (AvgIpc) is 3.42. The number of H-pyrrole nitrogens is 1. The van der Waals surface area contributed by atoms with Crippen molar-refractivity contribution >= 4 is 55.1 Å². The molecule has 1 amide bonds. The highest BCUT2D eigenvalue weighted by Gasteiger charge is 2.22. The summed E-state index contributed by atoms with van der Waals surface area (Å²) in [5.41, 5.74) is 2.92. The molecule has 1 atom stereocenters. The highest BCUT2D eigenvalue weighted by Crippen LogP contribution is 2.32. The van der Waals surface area contributed by atoms with Crippen molar-refractivity contribution in [2.75, 3.05) is 12.4 Å². The molecule has 32 heavy (non-hydrogen) atoms. The SMILES string of the molecule is C=C(/C=C(/OC)C(=C)Cl)NC(C(=O)Nc1nc2ccc3[nH]ncc3c2s1)c1ccccc1. The number of thiazole rings is 1. The molecular formula is C23H20ClN5O2S. The van der Waals surface area contributed by atoms with Gasteiger partial charge in [0.1, 0.15) is 11.8 Å². The van der Waals surface area contributed by atoms with Gasteiger partial charge in [-0.3, -0.25) is 15.2 Å². The number of anilines is 1. The highest BCUT2D eigenvalue weighted by molar-refractivity contribution is 7.23. The van der Waals surface area contributed by atoms with Crippen LogP contribution in [0.25, 0.3) is 21.1 Å². The fourth-order valence-corrected chi connectivity index (χ4v) is 4.33. The van der Waals surface area contributed by atoms with E-state index < -0.39 is 6.04 Å². The van der Waals surface area contributed by atoms with Crippen molar-refractivity contribution in [2.45, 2.75) is 6.04 Å². The maximum absolute atomic E-state index is 13.3. The number of nitrogens with one attached hydrogen (secondary N) is 3. The van der Waals surface area contributed by atoms with Gasteiger partial charge in [0.2, 0.25) is 0 Å². The molecule has 1 unspecified atom stereocenters. The first-order chi connectivity index (χ1) is 15.5. The second-order valence-corrected chi connectivity index (χ2v) is 8.34. The first-order valence-electron chi connectivity index (χ1n) is 9.60. The maximum Gasteiger partial charge on any atom is 0.253 e. The lowest BCUT2D eigenvalue weighted by Gasteiger charge is -2.20. The number of allylic oxidation sites excluding steroid dienone is 2. The van der Waals surface area contributed by atoms with Crippen molar-refractivity contribution in [3.05, 3.63) is 89.9 Å². The molecule has 4 rings (SSSR count). The number of nitrogens with zero attached hydrogens (tertiary/aromatic N) is 2. The van der Waals surface area contributed by atoms with Gasteiger partial charge in [0.15, 0.2) is 5.13 Å². The molecule has 2 aromatic heterocycles. The van der Waals surface area contributed by atoms with Crippen LogP contribution in [0.5, 0.6) is 0 Å². The molecule has 2 heterocycles. The van der Waals surface area contributed by atoms with Gasteiger partial charge in [-0.15, -0.1) is 0 Å². The van der Waals surface area contributed by atoms with Crippen molar-refractivity contribution < 1.29 is 9.53 Å². The van der Waals surface area contributed by atoms with E-state index in [-0.39, 0.29) is 10.9 Å². The number of halogens is 1. The summed E-state index contributed by atoms with van der Waals surface area (Å²) in [5.74, 6) is 0.0728. The number of rotatable bonds is 8. The average molecular weight is 466 g/mol. The molecular weight excluding hydrogens is 446 g/mol. The van der Waals surface area contributed by atoms with E-state index in [1.54, 1.807) is 12.3 Å². The van der Waals surface area contributed by atoms with Crippen molar-refractivity contribution in [1.82, 2.24) is 20.5 Å². The van der Waals surface area contributed by atoms with Crippen molar-refractivity contribution in [3.63, 3.8) is 0 Å². The van der Waals surface area contributed by atoms with Crippen LogP contribution in [0.15, 0.2) is 84.4 Å². The summed E-state index contributed by atoms with van der Waals surface area (Å²) in [6.07, 6.45) is 3.34. The van der Waals surface area contributed by atoms with Crippen LogP contribution in [0.3, 0.4) is 0 Å². The lowest BCUT2D eigenvalue weighted by atomic mass is 10.1. The molecule has 0 aliphatic rings. The minimum atomic E-state index is -0.720. The Bertz CT molecular complexity index is 1340. The fraction of sp³-hybridized carbons (Fsp3) is 0.0870. The first kappa shape index (κ1) is 21.6. The zero-order valence-corrected chi connectivity index (χ0v) is 18.8. The molecule has 0 aliphatic heterocycles. The Labute approximate surface area is 193 Å². The van der Waals surface area contributed by atoms with Gasteiger partial charge in [-0.25, -0.2) is 4.98 Å². The lowest BCUT2D eigenvalue weighted by molar-refractivity contribution is -0.118. The topological polar surface area (TPSA) is 91.9 Å². The Kier molecular flexibility index (Phi) is 6.25. The summed E-state index contributed by atoms with van der Waals surface area (Å²) in [6.45, 7) is 7.63. The molecule has 0 bridgehead atoms. The number of fused-ring (bicyclic) bond motifs is 3. The number of amides is 1. The number of ether oxygens (including phenoxy) is 1. The van der Waals surface area contributed by atoms with Crippen LogP contribution < -0.4 is 10.6 Å². The van der Waals surface area contributed by atoms with Crippen LogP contribution in [-0.2, 0) is 9.53 Å². The van der Waals surface area contributed by atoms with Crippen molar-refractivity contribution in [2.24, 2.45) is 0 Å². The third-order valence-electron chi connectivity index (χ3n) is 4.72. The molecule has 0 aliphatic carbocycles. The molecule has 3 N–H and O–H groups in total. The van der Waals surface area contributed by atoms with Crippen LogP contribution >= 0.6 is 22.9 Å². The fourth-order valence-electron chi connectivity index (χ4n) is 3.21. The summed E-state index contributed by atoms with van der Waals surface area (Å²) < 4.78 is 6.15. The minimum absolute atomic E-state index is 0.233. The van der Waals surface area contributed by atoms with Crippen LogP contribution in [0, 0.1) is 0 Å². The number of methoxy groups -OCH3 is 1. The molecule has 0 spiro atoms. The van der Waals surface area contributed by atoms with E-state index in [2.05, 4.69) is 39.0 Å². The monoisotopic (exact) mass is 465 g/mol. The van der Waals surface area contributed by atoms with E-state index in [0.29, 0.717) is 16.6 Å². The van der Waals surface area contributed by atoms with E-state index in [1.807, 2.05) is 42.5 Å². The Morgan fingerprint density at radius 2 is 2.03 bits per heavy atom. The lowest BCUT2D eigenvalue weighted by Crippen LogP contribution is -2.32. The molecule has 0 saturated heterocycles. The minimum Gasteiger partial charge on any atom is -0.495 e. The van der Waals surface area contributed by atoms with Crippen LogP contribution in [0.4, 0.5) is 5.13 Å². The van der Waals surface area contributed by atoms with Gasteiger partial charge in [0.25, 0.3) is 5.91 Å². The Morgan fingerprint density at radius 1 is 1.25 bits per heavy atom. The quantitative estimate of drug-likeness (QED) is 0.244. The largest absolute Gasteiger partial charge is 0.495 e. The molecule has 2 aromatic carbocycles. The number of benzene rings is 2. The zero-order valence-electron chi connectivity index (χ0n) is 17.2. The van der Waals surface area contributed by atoms with Crippen LogP contribution in [-0.4, -0.2) is 28.2 Å². The van der Waals surface area contributed by atoms with Gasteiger partial charge in [0.05, 0.1) is 34.1 Å². The molecule has 162 valence electrons. The zero-order chi connectivity index (χ0) is 22.7. The molecule has 4 aromatic rings. The highest BCUT2D eigenvalue weighted by atomic mass is 35.5. The maximum atomic E-state index is 13.3. The standard InChI is InChI=1S/C23H20ClN5O2S/c1-13(11-19(31-3)14(2)24)26-20(15-7-5-4-6-8-15)22(30)28-23-27-18-10-9-17-16(12-25-29-17)21(18)32-23/h4-12,20,26H,1-2H2,3H3,(H,25,29)(H,27,28,30)/b19-11+. The van der Waals surface area contributed by atoms with E-state index in [1.165, 1.54) is 18.4 Å². The molecule has 0 radical (unpaired) electrons. The van der Waals surface area contributed by atoms with Crippen molar-refractivity contribution in [1.29, 1.82) is 0 Å². The second-order valence-electron chi connectivity index (χ2n) is 6.88. The first-order valence-corrected chi connectivity index (χ1v) is 10.8. The number of carbonyl (C=O) groups excluding carboxylic acids is 1. The van der Waals surface area contributed by atoms with Crippen LogP contribution in [0.2, 0.25) is 0 Å².